The second-order valence-corrected chi connectivity index (χ2v) is 8.30. The lowest BCUT2D eigenvalue weighted by atomic mass is 10.0. The van der Waals surface area contributed by atoms with Crippen molar-refractivity contribution in [2.45, 2.75) is 39.3 Å². The first-order valence-electron chi connectivity index (χ1n) is 7.73. The third-order valence-electron chi connectivity index (χ3n) is 3.92. The average Bonchev–Trinajstić information content (AvgIpc) is 2.85. The zero-order chi connectivity index (χ0) is 18.5. The Kier molecular flexibility index (Phi) is 6.78. The van der Waals surface area contributed by atoms with E-state index in [0.29, 0.717) is 13.0 Å². The molecule has 0 aromatic carbocycles. The van der Waals surface area contributed by atoms with Crippen molar-refractivity contribution in [2.24, 2.45) is 5.92 Å². The average molecular weight is 357 g/mol. The third-order valence-corrected chi connectivity index (χ3v) is 5.67. The third kappa shape index (κ3) is 5.23. The normalized spacial score (nSPS) is 21.1. The molecule has 0 aromatic heterocycles. The molecular formula is C15H23N3O5S. The van der Waals surface area contributed by atoms with Gasteiger partial charge in [0.05, 0.1) is 11.5 Å². The second kappa shape index (κ2) is 8.15. The minimum absolute atomic E-state index is 0.0125. The number of amides is 1. The molecule has 0 aliphatic carbocycles. The number of carboxylic acids is 1. The number of carbonyl (C=O) groups excluding carboxylic acids is 1. The van der Waals surface area contributed by atoms with Gasteiger partial charge in [-0.3, -0.25) is 4.79 Å². The van der Waals surface area contributed by atoms with Crippen molar-refractivity contribution in [1.82, 2.24) is 10.2 Å². The molecule has 9 heteroatoms. The van der Waals surface area contributed by atoms with E-state index in [0.717, 1.165) is 0 Å². The van der Waals surface area contributed by atoms with Crippen molar-refractivity contribution in [3.8, 4) is 6.07 Å². The lowest BCUT2D eigenvalue weighted by molar-refractivity contribution is -0.142. The van der Waals surface area contributed by atoms with Gasteiger partial charge in [-0.2, -0.15) is 5.26 Å². The maximum Gasteiger partial charge on any atom is 0.326 e. The molecule has 2 unspecified atom stereocenters. The summed E-state index contributed by atoms with van der Waals surface area (Å²) in [5, 5.41) is 20.6. The van der Waals surface area contributed by atoms with Gasteiger partial charge in [0.2, 0.25) is 0 Å². The fraction of sp³-hybridized carbons (Fsp3) is 0.667. The molecule has 2 N–H and O–H groups in total. The van der Waals surface area contributed by atoms with Crippen LogP contribution >= 0.6 is 0 Å². The molecule has 0 radical (unpaired) electrons. The molecule has 0 aromatic rings. The van der Waals surface area contributed by atoms with Gasteiger partial charge in [0.15, 0.2) is 9.84 Å². The summed E-state index contributed by atoms with van der Waals surface area (Å²) in [6.07, 6.45) is 1.76. The van der Waals surface area contributed by atoms with Crippen LogP contribution in [0, 0.1) is 17.2 Å². The monoisotopic (exact) mass is 357 g/mol. The quantitative estimate of drug-likeness (QED) is 0.489. The molecule has 8 nitrogen and oxygen atoms in total. The van der Waals surface area contributed by atoms with E-state index >= 15 is 0 Å². The van der Waals surface area contributed by atoms with Crippen molar-refractivity contribution in [3.05, 3.63) is 11.8 Å². The standard InChI is InChI=1S/C15H23N3O5S/c1-4-18(12-5-6-24(22,23)9-12)8-11(7-16)14(19)17-13(10(2)3)15(20)21/h8,10,12-13H,4-6,9H2,1-3H3,(H,17,19)(H,20,21)/b11-8-. The van der Waals surface area contributed by atoms with Crippen molar-refractivity contribution in [2.75, 3.05) is 18.1 Å². The van der Waals surface area contributed by atoms with Crippen LogP contribution in [0.5, 0.6) is 0 Å². The number of aliphatic carboxylic acids is 1. The Balaban J connectivity index is 2.93. The number of nitriles is 1. The Morgan fingerprint density at radius 2 is 2.08 bits per heavy atom. The van der Waals surface area contributed by atoms with Gasteiger partial charge in [-0.05, 0) is 19.3 Å². The minimum Gasteiger partial charge on any atom is -0.480 e. The molecule has 1 amide bonds. The SMILES string of the molecule is CCN(/C=C(/C#N)C(=O)NC(C(=O)O)C(C)C)C1CCS(=O)(=O)C1. The van der Waals surface area contributed by atoms with Gasteiger partial charge in [-0.25, -0.2) is 13.2 Å². The predicted octanol–water partition coefficient (Wildman–Crippen LogP) is 0.128. The van der Waals surface area contributed by atoms with Gasteiger partial charge < -0.3 is 15.3 Å². The zero-order valence-electron chi connectivity index (χ0n) is 14.0. The van der Waals surface area contributed by atoms with E-state index < -0.39 is 27.8 Å². The number of hydrogen-bond donors (Lipinski definition) is 2. The maximum atomic E-state index is 12.2. The number of carbonyl (C=O) groups is 2. The first-order chi connectivity index (χ1) is 11.1. The van der Waals surface area contributed by atoms with Crippen LogP contribution in [-0.2, 0) is 19.4 Å². The van der Waals surface area contributed by atoms with Crippen molar-refractivity contribution >= 4 is 21.7 Å². The summed E-state index contributed by atoms with van der Waals surface area (Å²) in [7, 11) is -3.09. The Morgan fingerprint density at radius 1 is 1.46 bits per heavy atom. The Labute approximate surface area is 142 Å². The summed E-state index contributed by atoms with van der Waals surface area (Å²) in [6, 6.07) is 0.377. The molecule has 0 spiro atoms. The molecule has 0 saturated carbocycles. The molecule has 1 heterocycles. The first-order valence-corrected chi connectivity index (χ1v) is 9.55. The fourth-order valence-electron chi connectivity index (χ4n) is 2.53. The maximum absolute atomic E-state index is 12.2. The number of rotatable bonds is 7. The summed E-state index contributed by atoms with van der Waals surface area (Å²) < 4.78 is 23.2. The van der Waals surface area contributed by atoms with E-state index in [1.807, 2.05) is 0 Å². The highest BCUT2D eigenvalue weighted by Crippen LogP contribution is 2.18. The zero-order valence-corrected chi connectivity index (χ0v) is 14.8. The van der Waals surface area contributed by atoms with Crippen LogP contribution in [0.1, 0.15) is 27.2 Å². The Bertz CT molecular complexity index is 663. The van der Waals surface area contributed by atoms with E-state index in [-0.39, 0.29) is 29.0 Å². The molecule has 1 fully saturated rings. The van der Waals surface area contributed by atoms with Crippen LogP contribution in [0.2, 0.25) is 0 Å². The Morgan fingerprint density at radius 3 is 2.46 bits per heavy atom. The number of carboxylic acid groups (broad SMARTS) is 1. The van der Waals surface area contributed by atoms with Gasteiger partial charge in [0.1, 0.15) is 17.7 Å². The largest absolute Gasteiger partial charge is 0.480 e. The number of nitrogens with one attached hydrogen (secondary N) is 1. The summed E-state index contributed by atoms with van der Waals surface area (Å²) in [5.41, 5.74) is -0.243. The first kappa shape index (κ1) is 20.0. The van der Waals surface area contributed by atoms with Crippen molar-refractivity contribution in [3.63, 3.8) is 0 Å². The molecule has 2 atom stereocenters. The molecule has 0 bridgehead atoms. The van der Waals surface area contributed by atoms with Crippen LogP contribution in [-0.4, -0.2) is 60.4 Å². The molecule has 24 heavy (non-hydrogen) atoms. The molecule has 1 saturated heterocycles. The van der Waals surface area contributed by atoms with Crippen molar-refractivity contribution in [1.29, 1.82) is 5.26 Å². The summed E-state index contributed by atoms with van der Waals surface area (Å²) in [4.78, 5) is 25.0. The Hall–Kier alpha value is -2.08. The van der Waals surface area contributed by atoms with Gasteiger partial charge in [-0.15, -0.1) is 0 Å². The molecule has 1 aliphatic rings. The van der Waals surface area contributed by atoms with Crippen LogP contribution in [0.25, 0.3) is 0 Å². The molecule has 134 valence electrons. The smallest absolute Gasteiger partial charge is 0.326 e. The summed E-state index contributed by atoms with van der Waals surface area (Å²) in [6.45, 7) is 5.53. The summed E-state index contributed by atoms with van der Waals surface area (Å²) >= 11 is 0. The lowest BCUT2D eigenvalue weighted by Gasteiger charge is -2.25. The molecule has 1 aliphatic heterocycles. The minimum atomic E-state index is -3.09. The predicted molar refractivity (Wildman–Crippen MR) is 87.5 cm³/mol. The topological polar surface area (TPSA) is 128 Å². The number of nitrogens with zero attached hydrogens (tertiary/aromatic N) is 2. The van der Waals surface area contributed by atoms with Gasteiger partial charge in [-0.1, -0.05) is 13.8 Å². The highest BCUT2D eigenvalue weighted by molar-refractivity contribution is 7.91. The van der Waals surface area contributed by atoms with Crippen LogP contribution in [0.4, 0.5) is 0 Å². The van der Waals surface area contributed by atoms with Gasteiger partial charge in [0.25, 0.3) is 5.91 Å². The van der Waals surface area contributed by atoms with Gasteiger partial charge in [0, 0.05) is 18.8 Å². The van der Waals surface area contributed by atoms with Crippen LogP contribution in [0.3, 0.4) is 0 Å². The lowest BCUT2D eigenvalue weighted by Crippen LogP contribution is -2.45. The van der Waals surface area contributed by atoms with E-state index in [1.54, 1.807) is 31.7 Å². The highest BCUT2D eigenvalue weighted by atomic mass is 32.2. The fourth-order valence-corrected chi connectivity index (χ4v) is 4.27. The van der Waals surface area contributed by atoms with E-state index in [9.17, 15) is 23.3 Å². The number of hydrogen-bond acceptors (Lipinski definition) is 6. The van der Waals surface area contributed by atoms with Gasteiger partial charge >= 0.3 is 5.97 Å². The van der Waals surface area contributed by atoms with E-state index in [1.165, 1.54) is 6.20 Å². The van der Waals surface area contributed by atoms with E-state index in [2.05, 4.69) is 5.32 Å². The number of sulfone groups is 1. The van der Waals surface area contributed by atoms with Crippen LogP contribution in [0.15, 0.2) is 11.8 Å². The summed E-state index contributed by atoms with van der Waals surface area (Å²) in [5.74, 6) is -2.22. The van der Waals surface area contributed by atoms with Crippen LogP contribution < -0.4 is 5.32 Å². The molecule has 1 rings (SSSR count). The second-order valence-electron chi connectivity index (χ2n) is 6.08. The molecular weight excluding hydrogens is 334 g/mol. The van der Waals surface area contributed by atoms with E-state index in [4.69, 9.17) is 5.11 Å². The van der Waals surface area contributed by atoms with Crippen molar-refractivity contribution < 1.29 is 23.1 Å². The highest BCUT2D eigenvalue weighted by Gasteiger charge is 2.31.